The van der Waals surface area contributed by atoms with Crippen LogP contribution in [0, 0.1) is 0 Å². The molecule has 2 nitrogen and oxygen atoms in total. The minimum Gasteiger partial charge on any atom is -0.350 e. The monoisotopic (exact) mass is 257 g/mol. The highest BCUT2D eigenvalue weighted by Crippen LogP contribution is 2.25. The quantitative estimate of drug-likeness (QED) is 0.825. The first-order chi connectivity index (χ1) is 7.50. The molecule has 0 aliphatic heterocycles. The van der Waals surface area contributed by atoms with Crippen LogP contribution in [0.2, 0.25) is 10.0 Å². The molecule has 1 rings (SSSR count). The zero-order valence-electron chi connectivity index (χ0n) is 9.13. The number of benzene rings is 1. The molecule has 0 bridgehead atoms. The number of hydrogen-bond acceptors (Lipinski definition) is 1. The van der Waals surface area contributed by atoms with Gasteiger partial charge in [0.05, 0.1) is 0 Å². The lowest BCUT2D eigenvalue weighted by Crippen LogP contribution is -2.28. The minimum absolute atomic E-state index is 0.110. The molecule has 0 aliphatic carbocycles. The van der Waals surface area contributed by atoms with E-state index in [9.17, 15) is 4.79 Å². The highest BCUT2D eigenvalue weighted by molar-refractivity contribution is 6.37. The van der Waals surface area contributed by atoms with E-state index in [1.807, 2.05) is 13.8 Å². The van der Waals surface area contributed by atoms with Gasteiger partial charge in [-0.3, -0.25) is 4.79 Å². The van der Waals surface area contributed by atoms with Crippen LogP contribution in [0.5, 0.6) is 0 Å². The fourth-order valence-electron chi connectivity index (χ4n) is 1.16. The highest BCUT2D eigenvalue weighted by Gasteiger charge is 2.03. The Kier molecular flexibility index (Phi) is 4.84. The molecule has 4 heteroatoms. The highest BCUT2D eigenvalue weighted by atomic mass is 35.5. The van der Waals surface area contributed by atoms with E-state index in [4.69, 9.17) is 23.2 Å². The van der Waals surface area contributed by atoms with Crippen LogP contribution in [0.3, 0.4) is 0 Å². The number of nitrogens with one attached hydrogen (secondary N) is 1. The zero-order valence-corrected chi connectivity index (χ0v) is 10.6. The molecule has 0 atom stereocenters. The molecule has 0 aliphatic rings. The Morgan fingerprint density at radius 2 is 1.88 bits per heavy atom. The van der Waals surface area contributed by atoms with Crippen molar-refractivity contribution in [3.8, 4) is 0 Å². The Morgan fingerprint density at radius 3 is 2.38 bits per heavy atom. The summed E-state index contributed by atoms with van der Waals surface area (Å²) in [6.45, 7) is 3.79. The second kappa shape index (κ2) is 5.92. The summed E-state index contributed by atoms with van der Waals surface area (Å²) >= 11 is 11.9. The lowest BCUT2D eigenvalue weighted by Gasteiger charge is -2.05. The normalized spacial score (nSPS) is 11.1. The van der Waals surface area contributed by atoms with E-state index >= 15 is 0 Å². The summed E-state index contributed by atoms with van der Waals surface area (Å²) in [6, 6.07) is 5.33. The first-order valence-electron chi connectivity index (χ1n) is 4.93. The summed E-state index contributed by atoms with van der Waals surface area (Å²) in [5, 5.41) is 3.80. The van der Waals surface area contributed by atoms with Gasteiger partial charge in [-0.2, -0.15) is 0 Å². The summed E-state index contributed by atoms with van der Waals surface area (Å²) in [6.07, 6.45) is 3.04. The van der Waals surface area contributed by atoms with Crippen molar-refractivity contribution in [1.29, 1.82) is 0 Å². The molecule has 0 fully saturated rings. The molecule has 0 spiro atoms. The van der Waals surface area contributed by atoms with Crippen molar-refractivity contribution >= 4 is 35.2 Å². The fourth-order valence-corrected chi connectivity index (χ4v) is 1.69. The Bertz CT molecular complexity index is 393. The van der Waals surface area contributed by atoms with Gasteiger partial charge in [-0.05, 0) is 32.1 Å². The molecule has 1 aromatic carbocycles. The number of halogens is 2. The maximum Gasteiger partial charge on any atom is 0.244 e. The van der Waals surface area contributed by atoms with E-state index in [0.717, 1.165) is 0 Å². The third-order valence-electron chi connectivity index (χ3n) is 1.83. The van der Waals surface area contributed by atoms with Crippen LogP contribution in [0.25, 0.3) is 6.08 Å². The van der Waals surface area contributed by atoms with Gasteiger partial charge in [-0.15, -0.1) is 0 Å². The first kappa shape index (κ1) is 13.1. The van der Waals surface area contributed by atoms with E-state index in [1.54, 1.807) is 24.3 Å². The number of amides is 1. The maximum atomic E-state index is 11.4. The van der Waals surface area contributed by atoms with E-state index < -0.39 is 0 Å². The van der Waals surface area contributed by atoms with Crippen LogP contribution in [0.1, 0.15) is 19.4 Å². The van der Waals surface area contributed by atoms with Crippen LogP contribution in [0.15, 0.2) is 24.3 Å². The van der Waals surface area contributed by atoms with E-state index in [-0.39, 0.29) is 11.9 Å². The van der Waals surface area contributed by atoms with Crippen molar-refractivity contribution in [2.75, 3.05) is 0 Å². The topological polar surface area (TPSA) is 29.1 Å². The summed E-state index contributed by atoms with van der Waals surface area (Å²) in [4.78, 5) is 11.4. The molecule has 1 N–H and O–H groups in total. The fraction of sp³-hybridized carbons (Fsp3) is 0.250. The van der Waals surface area contributed by atoms with Crippen LogP contribution in [-0.4, -0.2) is 11.9 Å². The molecule has 86 valence electrons. The summed E-state index contributed by atoms with van der Waals surface area (Å²) in [5.74, 6) is -0.161. The lowest BCUT2D eigenvalue weighted by atomic mass is 10.2. The van der Waals surface area contributed by atoms with E-state index in [0.29, 0.717) is 15.6 Å². The lowest BCUT2D eigenvalue weighted by molar-refractivity contribution is -0.116. The Morgan fingerprint density at radius 1 is 1.31 bits per heavy atom. The van der Waals surface area contributed by atoms with Crippen molar-refractivity contribution in [2.24, 2.45) is 0 Å². The van der Waals surface area contributed by atoms with Crippen LogP contribution in [-0.2, 0) is 4.79 Å². The second-order valence-electron chi connectivity index (χ2n) is 3.63. The van der Waals surface area contributed by atoms with Gasteiger partial charge in [0.25, 0.3) is 0 Å². The maximum absolute atomic E-state index is 11.4. The molecule has 0 saturated carbocycles. The third kappa shape index (κ3) is 3.87. The van der Waals surface area contributed by atoms with Gasteiger partial charge in [0.2, 0.25) is 5.91 Å². The average Bonchev–Trinajstić information content (AvgIpc) is 2.15. The predicted octanol–water partition coefficient (Wildman–Crippen LogP) is 3.53. The Hall–Kier alpha value is -0.990. The van der Waals surface area contributed by atoms with Gasteiger partial charge in [-0.1, -0.05) is 29.3 Å². The van der Waals surface area contributed by atoms with Gasteiger partial charge in [0.1, 0.15) is 0 Å². The number of rotatable bonds is 3. The molecule has 1 aromatic rings. The van der Waals surface area contributed by atoms with Crippen molar-refractivity contribution in [2.45, 2.75) is 19.9 Å². The molecule has 1 amide bonds. The molecule has 0 unspecified atom stereocenters. The third-order valence-corrected chi connectivity index (χ3v) is 2.49. The summed E-state index contributed by atoms with van der Waals surface area (Å²) < 4.78 is 0. The van der Waals surface area contributed by atoms with Gasteiger partial charge >= 0.3 is 0 Å². The molecule has 16 heavy (non-hydrogen) atoms. The van der Waals surface area contributed by atoms with E-state index in [1.165, 1.54) is 6.08 Å². The molecule has 0 heterocycles. The number of hydrogen-bond donors (Lipinski definition) is 1. The standard InChI is InChI=1S/C12H13Cl2NO/c1-8(2)15-12(16)7-6-9-10(13)4-3-5-11(9)14/h3-8H,1-2H3,(H,15,16)/b7-6+. The minimum atomic E-state index is -0.161. The predicted molar refractivity (Wildman–Crippen MR) is 68.8 cm³/mol. The van der Waals surface area contributed by atoms with Crippen molar-refractivity contribution < 1.29 is 4.79 Å². The van der Waals surface area contributed by atoms with Crippen LogP contribution in [0.4, 0.5) is 0 Å². The molecular formula is C12H13Cl2NO. The number of carbonyl (C=O) groups is 1. The van der Waals surface area contributed by atoms with Crippen LogP contribution >= 0.6 is 23.2 Å². The average molecular weight is 258 g/mol. The second-order valence-corrected chi connectivity index (χ2v) is 4.45. The van der Waals surface area contributed by atoms with Gasteiger partial charge in [-0.25, -0.2) is 0 Å². The van der Waals surface area contributed by atoms with Gasteiger partial charge in [0.15, 0.2) is 0 Å². The van der Waals surface area contributed by atoms with Crippen molar-refractivity contribution in [1.82, 2.24) is 5.32 Å². The smallest absolute Gasteiger partial charge is 0.244 e. The van der Waals surface area contributed by atoms with Gasteiger partial charge in [0, 0.05) is 27.7 Å². The van der Waals surface area contributed by atoms with Crippen molar-refractivity contribution in [3.05, 3.63) is 39.9 Å². The largest absolute Gasteiger partial charge is 0.350 e. The summed E-state index contributed by atoms with van der Waals surface area (Å²) in [5.41, 5.74) is 0.657. The summed E-state index contributed by atoms with van der Waals surface area (Å²) in [7, 11) is 0. The van der Waals surface area contributed by atoms with E-state index in [2.05, 4.69) is 5.32 Å². The molecule has 0 saturated heterocycles. The van der Waals surface area contributed by atoms with Crippen molar-refractivity contribution in [3.63, 3.8) is 0 Å². The zero-order chi connectivity index (χ0) is 12.1. The molecule has 0 aromatic heterocycles. The van der Waals surface area contributed by atoms with Crippen LogP contribution < -0.4 is 5.32 Å². The van der Waals surface area contributed by atoms with Gasteiger partial charge < -0.3 is 5.32 Å². The SMILES string of the molecule is CC(C)NC(=O)/C=C/c1c(Cl)cccc1Cl. The first-order valence-corrected chi connectivity index (χ1v) is 5.69. The molecule has 0 radical (unpaired) electrons. The molecular weight excluding hydrogens is 245 g/mol. The number of carbonyl (C=O) groups excluding carboxylic acids is 1. The Balaban J connectivity index is 2.80. The Labute approximate surface area is 105 Å².